The van der Waals surface area contributed by atoms with Crippen LogP contribution < -0.4 is 10.6 Å². The SMILES string of the molecule is O=C(CCNC(=O)c1ccc(Br)cc1)NC1CCCCC1. The summed E-state index contributed by atoms with van der Waals surface area (Å²) in [5, 5.41) is 5.81. The van der Waals surface area contributed by atoms with Gasteiger partial charge in [0, 0.05) is 29.0 Å². The molecule has 0 aromatic heterocycles. The minimum atomic E-state index is -0.145. The molecule has 0 bridgehead atoms. The molecule has 2 rings (SSSR count). The van der Waals surface area contributed by atoms with Crippen molar-refractivity contribution in [1.82, 2.24) is 10.6 Å². The Morgan fingerprint density at radius 2 is 1.76 bits per heavy atom. The lowest BCUT2D eigenvalue weighted by molar-refractivity contribution is -0.121. The number of nitrogens with one attached hydrogen (secondary N) is 2. The number of carbonyl (C=O) groups excluding carboxylic acids is 2. The van der Waals surface area contributed by atoms with E-state index >= 15 is 0 Å². The van der Waals surface area contributed by atoms with Crippen LogP contribution in [-0.4, -0.2) is 24.4 Å². The van der Waals surface area contributed by atoms with Crippen molar-refractivity contribution < 1.29 is 9.59 Å². The van der Waals surface area contributed by atoms with Gasteiger partial charge in [0.05, 0.1) is 0 Å². The van der Waals surface area contributed by atoms with Gasteiger partial charge in [-0.1, -0.05) is 35.2 Å². The standard InChI is InChI=1S/C16H21BrN2O2/c17-13-8-6-12(7-9-13)16(21)18-11-10-15(20)19-14-4-2-1-3-5-14/h6-9,14H,1-5,10-11H2,(H,18,21)(H,19,20). The summed E-state index contributed by atoms with van der Waals surface area (Å²) in [5.74, 6) is -0.119. The predicted molar refractivity (Wildman–Crippen MR) is 86.1 cm³/mol. The van der Waals surface area contributed by atoms with Crippen LogP contribution in [0.1, 0.15) is 48.9 Å². The Kier molecular flexibility index (Phi) is 6.23. The number of amides is 2. The summed E-state index contributed by atoms with van der Waals surface area (Å²) >= 11 is 3.33. The Bertz CT molecular complexity index is 482. The van der Waals surface area contributed by atoms with Crippen LogP contribution in [0.25, 0.3) is 0 Å². The minimum Gasteiger partial charge on any atom is -0.353 e. The Morgan fingerprint density at radius 1 is 1.10 bits per heavy atom. The van der Waals surface area contributed by atoms with Crippen molar-refractivity contribution in [3.8, 4) is 0 Å². The number of hydrogen-bond acceptors (Lipinski definition) is 2. The van der Waals surface area contributed by atoms with Gasteiger partial charge in [-0.25, -0.2) is 0 Å². The van der Waals surface area contributed by atoms with Crippen LogP contribution in [0, 0.1) is 0 Å². The van der Waals surface area contributed by atoms with E-state index in [1.54, 1.807) is 12.1 Å². The van der Waals surface area contributed by atoms with E-state index in [2.05, 4.69) is 26.6 Å². The highest BCUT2D eigenvalue weighted by atomic mass is 79.9. The molecule has 0 heterocycles. The summed E-state index contributed by atoms with van der Waals surface area (Å²) in [6.07, 6.45) is 6.17. The monoisotopic (exact) mass is 352 g/mol. The summed E-state index contributed by atoms with van der Waals surface area (Å²) in [5.41, 5.74) is 0.603. The van der Waals surface area contributed by atoms with Gasteiger partial charge in [-0.15, -0.1) is 0 Å². The summed E-state index contributed by atoms with van der Waals surface area (Å²) < 4.78 is 0.936. The highest BCUT2D eigenvalue weighted by molar-refractivity contribution is 9.10. The van der Waals surface area contributed by atoms with Crippen molar-refractivity contribution in [1.29, 1.82) is 0 Å². The van der Waals surface area contributed by atoms with Gasteiger partial charge in [0.25, 0.3) is 5.91 Å². The maximum atomic E-state index is 11.9. The molecule has 1 aliphatic carbocycles. The fraction of sp³-hybridized carbons (Fsp3) is 0.500. The van der Waals surface area contributed by atoms with Crippen molar-refractivity contribution in [3.05, 3.63) is 34.3 Å². The second kappa shape index (κ2) is 8.17. The minimum absolute atomic E-state index is 0.0259. The van der Waals surface area contributed by atoms with Crippen LogP contribution in [0.2, 0.25) is 0 Å². The highest BCUT2D eigenvalue weighted by Crippen LogP contribution is 2.17. The third-order valence-corrected chi connectivity index (χ3v) is 4.24. The Hall–Kier alpha value is -1.36. The topological polar surface area (TPSA) is 58.2 Å². The van der Waals surface area contributed by atoms with Crippen LogP contribution in [0.15, 0.2) is 28.7 Å². The zero-order valence-corrected chi connectivity index (χ0v) is 13.6. The van der Waals surface area contributed by atoms with Crippen LogP contribution in [0.3, 0.4) is 0 Å². The normalized spacial score (nSPS) is 15.5. The summed E-state index contributed by atoms with van der Waals surface area (Å²) in [7, 11) is 0. The van der Waals surface area contributed by atoms with Crippen LogP contribution in [0.4, 0.5) is 0 Å². The average molecular weight is 353 g/mol. The smallest absolute Gasteiger partial charge is 0.251 e. The van der Waals surface area contributed by atoms with E-state index < -0.39 is 0 Å². The Labute approximate surface area is 133 Å². The van der Waals surface area contributed by atoms with Crippen molar-refractivity contribution >= 4 is 27.7 Å². The lowest BCUT2D eigenvalue weighted by Gasteiger charge is -2.22. The van der Waals surface area contributed by atoms with Gasteiger partial charge in [0.15, 0.2) is 0 Å². The Morgan fingerprint density at radius 3 is 2.43 bits per heavy atom. The first-order valence-corrected chi connectivity index (χ1v) is 8.27. The van der Waals surface area contributed by atoms with Gasteiger partial charge >= 0.3 is 0 Å². The van der Waals surface area contributed by atoms with Crippen LogP contribution in [0.5, 0.6) is 0 Å². The lowest BCUT2D eigenvalue weighted by atomic mass is 9.95. The molecule has 0 atom stereocenters. The zero-order chi connectivity index (χ0) is 15.1. The molecule has 5 heteroatoms. The molecule has 1 aromatic carbocycles. The molecule has 1 fully saturated rings. The summed E-state index contributed by atoms with van der Waals surface area (Å²) in [6.45, 7) is 0.369. The Balaban J connectivity index is 1.67. The average Bonchev–Trinajstić information content (AvgIpc) is 2.49. The number of benzene rings is 1. The molecule has 0 unspecified atom stereocenters. The van der Waals surface area contributed by atoms with E-state index in [9.17, 15) is 9.59 Å². The fourth-order valence-electron chi connectivity index (χ4n) is 2.54. The molecule has 4 nitrogen and oxygen atoms in total. The van der Waals surface area contributed by atoms with Gasteiger partial charge in [0.1, 0.15) is 0 Å². The molecule has 0 aliphatic heterocycles. The molecule has 2 amide bonds. The predicted octanol–water partition coefficient (Wildman–Crippen LogP) is 3.02. The molecule has 1 saturated carbocycles. The first-order valence-electron chi connectivity index (χ1n) is 7.48. The van der Waals surface area contributed by atoms with Crippen molar-refractivity contribution in [3.63, 3.8) is 0 Å². The van der Waals surface area contributed by atoms with Gasteiger partial charge in [-0.05, 0) is 37.1 Å². The van der Waals surface area contributed by atoms with Crippen LogP contribution in [-0.2, 0) is 4.79 Å². The van der Waals surface area contributed by atoms with Crippen LogP contribution >= 0.6 is 15.9 Å². The third kappa shape index (κ3) is 5.50. The lowest BCUT2D eigenvalue weighted by Crippen LogP contribution is -2.38. The molecule has 0 radical (unpaired) electrons. The van der Waals surface area contributed by atoms with E-state index in [1.807, 2.05) is 12.1 Å². The van der Waals surface area contributed by atoms with E-state index in [0.29, 0.717) is 24.6 Å². The second-order valence-corrected chi connectivity index (χ2v) is 6.33. The number of halogens is 1. The second-order valence-electron chi connectivity index (χ2n) is 5.42. The first-order chi connectivity index (χ1) is 10.1. The zero-order valence-electron chi connectivity index (χ0n) is 12.0. The maximum Gasteiger partial charge on any atom is 0.251 e. The van der Waals surface area contributed by atoms with Gasteiger partial charge in [-0.3, -0.25) is 9.59 Å². The largest absolute Gasteiger partial charge is 0.353 e. The molecule has 114 valence electrons. The van der Waals surface area contributed by atoms with Crippen molar-refractivity contribution in [2.75, 3.05) is 6.54 Å². The summed E-state index contributed by atoms with van der Waals surface area (Å²) in [4.78, 5) is 23.7. The van der Waals surface area contributed by atoms with E-state index in [4.69, 9.17) is 0 Å². The number of hydrogen-bond donors (Lipinski definition) is 2. The molecule has 1 aromatic rings. The molecule has 2 N–H and O–H groups in total. The number of carbonyl (C=O) groups is 2. The van der Waals surface area contributed by atoms with Crippen molar-refractivity contribution in [2.24, 2.45) is 0 Å². The quantitative estimate of drug-likeness (QED) is 0.855. The molecule has 0 spiro atoms. The molecule has 0 saturated heterocycles. The maximum absolute atomic E-state index is 11.9. The highest BCUT2D eigenvalue weighted by Gasteiger charge is 2.15. The van der Waals surface area contributed by atoms with Gasteiger partial charge < -0.3 is 10.6 Å². The molecule has 1 aliphatic rings. The fourth-order valence-corrected chi connectivity index (χ4v) is 2.80. The van der Waals surface area contributed by atoms with E-state index in [-0.39, 0.29) is 11.8 Å². The van der Waals surface area contributed by atoms with Crippen molar-refractivity contribution in [2.45, 2.75) is 44.6 Å². The third-order valence-electron chi connectivity index (χ3n) is 3.71. The summed E-state index contributed by atoms with van der Waals surface area (Å²) in [6, 6.07) is 7.48. The van der Waals surface area contributed by atoms with E-state index in [0.717, 1.165) is 17.3 Å². The van der Waals surface area contributed by atoms with Gasteiger partial charge in [-0.2, -0.15) is 0 Å². The molecule has 21 heavy (non-hydrogen) atoms. The first kappa shape index (κ1) is 16.0. The number of rotatable bonds is 5. The van der Waals surface area contributed by atoms with Gasteiger partial charge in [0.2, 0.25) is 5.91 Å². The molecular weight excluding hydrogens is 332 g/mol. The molecular formula is C16H21BrN2O2. The van der Waals surface area contributed by atoms with E-state index in [1.165, 1.54) is 19.3 Å².